The summed E-state index contributed by atoms with van der Waals surface area (Å²) in [5, 5.41) is 14.7. The highest BCUT2D eigenvalue weighted by atomic mass is 35.5. The molecule has 0 aliphatic heterocycles. The molecule has 0 saturated heterocycles. The van der Waals surface area contributed by atoms with Crippen molar-refractivity contribution < 1.29 is 31.8 Å². The van der Waals surface area contributed by atoms with Gasteiger partial charge < -0.3 is 14.9 Å². The number of halogens is 1. The van der Waals surface area contributed by atoms with Crippen LogP contribution in [0.1, 0.15) is 12.5 Å². The Morgan fingerprint density at radius 3 is 2.66 bits per heavy atom. The summed E-state index contributed by atoms with van der Waals surface area (Å²) in [7, 11) is -3.31. The van der Waals surface area contributed by atoms with Crippen LogP contribution in [-0.4, -0.2) is 47.2 Å². The molecule has 15 nitrogen and oxygen atoms in total. The van der Waals surface area contributed by atoms with E-state index in [0.717, 1.165) is 29.5 Å². The molecule has 1 aromatic heterocycles. The smallest absolute Gasteiger partial charge is 0.433 e. The van der Waals surface area contributed by atoms with Crippen molar-refractivity contribution >= 4 is 80.6 Å². The molecule has 216 valence electrons. The van der Waals surface area contributed by atoms with Gasteiger partial charge in [0.05, 0.1) is 12.8 Å². The second-order valence-corrected chi connectivity index (χ2v) is 10.6. The third-order valence-electron chi connectivity index (χ3n) is 4.45. The van der Waals surface area contributed by atoms with Crippen LogP contribution in [0.3, 0.4) is 0 Å². The lowest BCUT2D eigenvalue weighted by atomic mass is 10.2. The first-order chi connectivity index (χ1) is 19.6. The average molecular weight is 641 g/mol. The topological polar surface area (TPSA) is 205 Å². The van der Waals surface area contributed by atoms with Crippen LogP contribution in [0.15, 0.2) is 55.6 Å². The zero-order valence-corrected chi connectivity index (χ0v) is 24.6. The average Bonchev–Trinajstić information content (AvgIpc) is 2.91. The van der Waals surface area contributed by atoms with Gasteiger partial charge in [-0.2, -0.15) is 29.3 Å². The van der Waals surface area contributed by atoms with Crippen LogP contribution in [-0.2, 0) is 24.5 Å². The monoisotopic (exact) mass is 640 g/mol. The van der Waals surface area contributed by atoms with Gasteiger partial charge in [-0.15, -0.1) is 10.2 Å². The van der Waals surface area contributed by atoms with Gasteiger partial charge >= 0.3 is 10.4 Å². The first-order valence-electron chi connectivity index (χ1n) is 11.0. The fourth-order valence-corrected chi connectivity index (χ4v) is 4.32. The number of nitrogens with one attached hydrogen (secondary N) is 1. The first-order valence-corrected chi connectivity index (χ1v) is 14.6. The molecule has 0 radical (unpaired) electrons. The summed E-state index contributed by atoms with van der Waals surface area (Å²) in [5.74, 6) is 6.50. The Kier molecular flexibility index (Phi) is 11.9. The van der Waals surface area contributed by atoms with E-state index in [1.165, 1.54) is 18.9 Å². The van der Waals surface area contributed by atoms with Crippen molar-refractivity contribution in [2.75, 3.05) is 18.2 Å². The first kappa shape index (κ1) is 31.8. The van der Waals surface area contributed by atoms with E-state index in [1.807, 2.05) is 13.0 Å². The molecular formula is C22H21ClN8O7S3. The van der Waals surface area contributed by atoms with Gasteiger partial charge in [-0.05, 0) is 76.3 Å². The Balaban J connectivity index is 1.84. The highest BCUT2D eigenvalue weighted by Gasteiger charge is 2.11. The number of azo groups is 1. The van der Waals surface area contributed by atoms with E-state index in [4.69, 9.17) is 26.8 Å². The largest absolute Gasteiger partial charge is 0.494 e. The Bertz CT molecular complexity index is 1610. The molecule has 0 atom stereocenters. The minimum absolute atomic E-state index is 0.0545. The molecule has 2 aromatic carbocycles. The number of hydrogen-bond acceptors (Lipinski definition) is 16. The van der Waals surface area contributed by atoms with E-state index in [-0.39, 0.29) is 11.2 Å². The number of aryl methyl sites for hydroxylation is 1. The fourth-order valence-electron chi connectivity index (χ4n) is 2.85. The summed E-state index contributed by atoms with van der Waals surface area (Å²) in [6, 6.07) is 8.40. The summed E-state index contributed by atoms with van der Waals surface area (Å²) in [5.41, 5.74) is 2.46. The molecule has 0 bridgehead atoms. The van der Waals surface area contributed by atoms with Crippen LogP contribution in [0.25, 0.3) is 0 Å². The number of methoxy groups -OCH3 is 1. The summed E-state index contributed by atoms with van der Waals surface area (Å²) >= 11 is 8.44. The van der Waals surface area contributed by atoms with Crippen molar-refractivity contribution in [3.05, 3.63) is 41.2 Å². The SMILES string of the molecule is CCSc1nc(Cl)nc(Nc2ccc(N=Nc3cc(C)c(SC#COOS(=O)(=O)O)cc3OC)c(N=CON)c2)n1. The Hall–Kier alpha value is -3.70. The lowest BCUT2D eigenvalue weighted by molar-refractivity contribution is -0.135. The van der Waals surface area contributed by atoms with E-state index in [2.05, 4.69) is 54.8 Å². The molecule has 1 heterocycles. The van der Waals surface area contributed by atoms with Gasteiger partial charge in [0.2, 0.25) is 17.6 Å². The molecule has 4 N–H and O–H groups in total. The van der Waals surface area contributed by atoms with Crippen LogP contribution in [0.4, 0.5) is 28.7 Å². The van der Waals surface area contributed by atoms with Crippen LogP contribution >= 0.6 is 35.1 Å². The third-order valence-corrected chi connectivity index (χ3v) is 6.44. The molecule has 41 heavy (non-hydrogen) atoms. The molecule has 0 spiro atoms. The number of aliphatic imine (C=N–C) groups is 1. The zero-order valence-electron chi connectivity index (χ0n) is 21.4. The number of thioether (sulfide) groups is 2. The Labute approximate surface area is 248 Å². The predicted molar refractivity (Wildman–Crippen MR) is 154 cm³/mol. The highest BCUT2D eigenvalue weighted by molar-refractivity contribution is 8.04. The molecule has 0 saturated carbocycles. The van der Waals surface area contributed by atoms with Gasteiger partial charge in [0, 0.05) is 15.8 Å². The molecule has 0 amide bonds. The summed E-state index contributed by atoms with van der Waals surface area (Å²) < 4.78 is 38.5. The van der Waals surface area contributed by atoms with E-state index >= 15 is 0 Å². The van der Waals surface area contributed by atoms with Crippen molar-refractivity contribution in [1.29, 1.82) is 0 Å². The summed E-state index contributed by atoms with van der Waals surface area (Å²) in [4.78, 5) is 25.9. The van der Waals surface area contributed by atoms with Gasteiger partial charge in [0.15, 0.2) is 11.3 Å². The van der Waals surface area contributed by atoms with Crippen molar-refractivity contribution in [2.45, 2.75) is 23.9 Å². The van der Waals surface area contributed by atoms with Gasteiger partial charge in [-0.3, -0.25) is 9.44 Å². The molecule has 19 heteroatoms. The summed E-state index contributed by atoms with van der Waals surface area (Å²) in [6.45, 7) is 3.77. The lowest BCUT2D eigenvalue weighted by Gasteiger charge is -2.09. The normalized spacial score (nSPS) is 11.4. The van der Waals surface area contributed by atoms with Crippen LogP contribution in [0.2, 0.25) is 5.28 Å². The van der Waals surface area contributed by atoms with Gasteiger partial charge in [-0.1, -0.05) is 18.7 Å². The number of rotatable bonds is 12. The number of aromatic nitrogens is 3. The van der Waals surface area contributed by atoms with E-state index in [1.54, 1.807) is 37.3 Å². The number of hydrogen-bond donors (Lipinski definition) is 3. The molecule has 3 aromatic rings. The number of anilines is 2. The summed E-state index contributed by atoms with van der Waals surface area (Å²) in [6.07, 6.45) is 3.02. The fraction of sp³-hybridized carbons (Fsp3) is 0.182. The molecular weight excluding hydrogens is 620 g/mol. The maximum absolute atomic E-state index is 10.5. The second kappa shape index (κ2) is 15.3. The molecule has 0 aliphatic rings. The second-order valence-electron chi connectivity index (χ2n) is 7.22. The van der Waals surface area contributed by atoms with Gasteiger partial charge in [-0.25, -0.2) is 4.99 Å². The van der Waals surface area contributed by atoms with Gasteiger partial charge in [0.1, 0.15) is 17.1 Å². The number of nitrogens with zero attached hydrogens (tertiary/aromatic N) is 6. The van der Waals surface area contributed by atoms with Crippen molar-refractivity contribution in [1.82, 2.24) is 15.0 Å². The predicted octanol–water partition coefficient (Wildman–Crippen LogP) is 5.42. The maximum Gasteiger partial charge on any atom is 0.433 e. The molecule has 3 rings (SSSR count). The maximum atomic E-state index is 10.5. The Morgan fingerprint density at radius 1 is 1.17 bits per heavy atom. The zero-order chi connectivity index (χ0) is 29.8. The van der Waals surface area contributed by atoms with Crippen molar-refractivity contribution in [3.63, 3.8) is 0 Å². The molecule has 0 unspecified atom stereocenters. The van der Waals surface area contributed by atoms with Crippen LogP contribution in [0, 0.1) is 18.3 Å². The number of ether oxygens (including phenoxy) is 1. The van der Waals surface area contributed by atoms with Crippen molar-refractivity contribution in [2.24, 2.45) is 21.1 Å². The standard InChI is InChI=1S/C22H21ClN8O7S3/c1-4-39-22-28-20(23)27-21(29-22)26-14-5-6-15(16(10-14)25-12-36-24)30-31-17-9-13(2)19(11-18(17)35-3)40-8-7-37-38-41(32,33)34/h5-6,9-12H,4,24H2,1-3H3,(H,32,33,34)(H,26,27,28,29). The lowest BCUT2D eigenvalue weighted by Crippen LogP contribution is -2.01. The van der Waals surface area contributed by atoms with E-state index in [0.29, 0.717) is 38.6 Å². The van der Waals surface area contributed by atoms with Crippen LogP contribution < -0.4 is 16.0 Å². The number of nitrogens with two attached hydrogens (primary N) is 1. The number of benzene rings is 2. The quantitative estimate of drug-likeness (QED) is 0.0330. The Morgan fingerprint density at radius 2 is 1.95 bits per heavy atom. The van der Waals surface area contributed by atoms with E-state index < -0.39 is 10.4 Å². The highest BCUT2D eigenvalue weighted by Crippen LogP contribution is 2.38. The minimum atomic E-state index is -4.77. The molecule has 0 aliphatic carbocycles. The van der Waals surface area contributed by atoms with Gasteiger partial charge in [0.25, 0.3) is 0 Å². The van der Waals surface area contributed by atoms with Crippen LogP contribution in [0.5, 0.6) is 5.75 Å². The minimum Gasteiger partial charge on any atom is -0.494 e. The molecule has 0 fully saturated rings. The third kappa shape index (κ3) is 10.3. The van der Waals surface area contributed by atoms with E-state index in [9.17, 15) is 8.42 Å². The van der Waals surface area contributed by atoms with Crippen molar-refractivity contribution in [3.8, 4) is 17.1 Å².